The third kappa shape index (κ3) is 5.63. The molecular formula is C26H30F2O. The Labute approximate surface area is 173 Å². The first-order valence-electron chi connectivity index (χ1n) is 10.5. The van der Waals surface area contributed by atoms with Gasteiger partial charge in [0.25, 0.3) is 0 Å². The lowest BCUT2D eigenvalue weighted by Crippen LogP contribution is -2.13. The number of allylic oxidation sites excluding steroid dienone is 3. The maximum atomic E-state index is 14.9. The van der Waals surface area contributed by atoms with E-state index in [0.29, 0.717) is 30.3 Å². The molecule has 29 heavy (non-hydrogen) atoms. The van der Waals surface area contributed by atoms with Gasteiger partial charge in [0, 0.05) is 5.56 Å². The Bertz CT molecular complexity index is 861. The third-order valence-corrected chi connectivity index (χ3v) is 5.74. The molecule has 0 unspecified atom stereocenters. The molecule has 154 valence electrons. The Hall–Kier alpha value is -2.26. The van der Waals surface area contributed by atoms with Crippen LogP contribution >= 0.6 is 0 Å². The lowest BCUT2D eigenvalue weighted by molar-refractivity contribution is 0.148. The average Bonchev–Trinajstić information content (AvgIpc) is 2.72. The van der Waals surface area contributed by atoms with Crippen molar-refractivity contribution in [1.82, 2.24) is 0 Å². The fourth-order valence-electron chi connectivity index (χ4n) is 4.14. The minimum atomic E-state index is -0.351. The summed E-state index contributed by atoms with van der Waals surface area (Å²) >= 11 is 0. The summed E-state index contributed by atoms with van der Waals surface area (Å²) < 4.78 is 34.9. The van der Waals surface area contributed by atoms with E-state index in [9.17, 15) is 8.78 Å². The quantitative estimate of drug-likeness (QED) is 0.346. The van der Waals surface area contributed by atoms with Crippen molar-refractivity contribution in [1.29, 1.82) is 0 Å². The lowest BCUT2D eigenvalue weighted by atomic mass is 9.78. The molecule has 0 bridgehead atoms. The number of hydrogen-bond donors (Lipinski definition) is 0. The maximum Gasteiger partial charge on any atom is 0.131 e. The highest BCUT2D eigenvalue weighted by atomic mass is 19.1. The van der Waals surface area contributed by atoms with E-state index in [1.54, 1.807) is 6.07 Å². The molecule has 1 aliphatic carbocycles. The van der Waals surface area contributed by atoms with Crippen LogP contribution in [-0.4, -0.2) is 6.61 Å². The van der Waals surface area contributed by atoms with Crippen LogP contribution in [0.4, 0.5) is 8.78 Å². The van der Waals surface area contributed by atoms with Gasteiger partial charge in [-0.05, 0) is 80.2 Å². The van der Waals surface area contributed by atoms with Crippen molar-refractivity contribution in [3.63, 3.8) is 0 Å². The van der Waals surface area contributed by atoms with E-state index in [0.717, 1.165) is 36.8 Å². The number of rotatable bonds is 7. The second-order valence-electron chi connectivity index (χ2n) is 7.77. The average molecular weight is 397 g/mol. The van der Waals surface area contributed by atoms with Gasteiger partial charge in [0.05, 0.1) is 13.2 Å². The van der Waals surface area contributed by atoms with Crippen LogP contribution in [0.2, 0.25) is 0 Å². The highest BCUT2D eigenvalue weighted by Crippen LogP contribution is 2.38. The number of benzene rings is 2. The van der Waals surface area contributed by atoms with Gasteiger partial charge in [-0.15, -0.1) is 0 Å². The van der Waals surface area contributed by atoms with E-state index in [-0.39, 0.29) is 17.6 Å². The van der Waals surface area contributed by atoms with E-state index < -0.39 is 0 Å². The molecule has 1 saturated carbocycles. The first-order chi connectivity index (χ1) is 14.1. The summed E-state index contributed by atoms with van der Waals surface area (Å²) in [6.07, 6.45) is 12.4. The number of ether oxygens (including phenoxy) is 1. The maximum absolute atomic E-state index is 14.9. The molecule has 0 aromatic heterocycles. The van der Waals surface area contributed by atoms with Crippen molar-refractivity contribution in [2.75, 3.05) is 6.61 Å². The van der Waals surface area contributed by atoms with Crippen molar-refractivity contribution in [3.05, 3.63) is 83.5 Å². The molecule has 0 atom stereocenters. The summed E-state index contributed by atoms with van der Waals surface area (Å²) in [7, 11) is 0. The molecule has 2 aromatic carbocycles. The van der Waals surface area contributed by atoms with Crippen LogP contribution in [0.5, 0.6) is 0 Å². The fraction of sp³-hybridized carbons (Fsp3) is 0.385. The second kappa shape index (κ2) is 10.5. The SMILES string of the molecule is CC=CCOCc1ccc(-c2ccc(C3CCC(C=CC)CC3)c(F)c2)c(F)c1. The summed E-state index contributed by atoms with van der Waals surface area (Å²) in [4.78, 5) is 0. The van der Waals surface area contributed by atoms with Gasteiger partial charge < -0.3 is 4.74 Å². The molecule has 2 aromatic rings. The minimum Gasteiger partial charge on any atom is -0.373 e. The van der Waals surface area contributed by atoms with Crippen LogP contribution in [-0.2, 0) is 11.3 Å². The monoisotopic (exact) mass is 396 g/mol. The van der Waals surface area contributed by atoms with Crippen LogP contribution < -0.4 is 0 Å². The molecule has 1 fully saturated rings. The third-order valence-electron chi connectivity index (χ3n) is 5.74. The minimum absolute atomic E-state index is 0.227. The molecule has 3 heteroatoms. The predicted molar refractivity (Wildman–Crippen MR) is 116 cm³/mol. The Kier molecular flexibility index (Phi) is 7.76. The van der Waals surface area contributed by atoms with Crippen LogP contribution in [0.1, 0.15) is 56.6 Å². The topological polar surface area (TPSA) is 9.23 Å². The molecule has 0 N–H and O–H groups in total. The molecule has 0 radical (unpaired) electrons. The van der Waals surface area contributed by atoms with Crippen LogP contribution in [0.25, 0.3) is 11.1 Å². The Balaban J connectivity index is 1.70. The van der Waals surface area contributed by atoms with E-state index >= 15 is 0 Å². The Morgan fingerprint density at radius 1 is 0.931 bits per heavy atom. The van der Waals surface area contributed by atoms with Crippen LogP contribution in [0, 0.1) is 17.6 Å². The summed E-state index contributed by atoms with van der Waals surface area (Å²) in [5.41, 5.74) is 2.53. The number of halogens is 2. The zero-order valence-electron chi connectivity index (χ0n) is 17.3. The Morgan fingerprint density at radius 3 is 2.38 bits per heavy atom. The molecular weight excluding hydrogens is 366 g/mol. The first kappa shape index (κ1) is 21.4. The zero-order valence-corrected chi connectivity index (χ0v) is 17.3. The highest BCUT2D eigenvalue weighted by molar-refractivity contribution is 5.65. The van der Waals surface area contributed by atoms with E-state index in [1.807, 2.05) is 44.2 Å². The van der Waals surface area contributed by atoms with Crippen molar-refractivity contribution < 1.29 is 13.5 Å². The fourth-order valence-corrected chi connectivity index (χ4v) is 4.14. The van der Waals surface area contributed by atoms with Crippen LogP contribution in [0.15, 0.2) is 60.7 Å². The molecule has 0 aliphatic heterocycles. The molecule has 1 aliphatic rings. The van der Waals surface area contributed by atoms with Crippen molar-refractivity contribution in [2.24, 2.45) is 5.92 Å². The predicted octanol–water partition coefficient (Wildman–Crippen LogP) is 7.57. The first-order valence-corrected chi connectivity index (χ1v) is 10.5. The van der Waals surface area contributed by atoms with E-state index in [4.69, 9.17) is 4.74 Å². The van der Waals surface area contributed by atoms with E-state index in [2.05, 4.69) is 12.2 Å². The molecule has 0 spiro atoms. The van der Waals surface area contributed by atoms with Gasteiger partial charge in [-0.2, -0.15) is 0 Å². The van der Waals surface area contributed by atoms with Gasteiger partial charge >= 0.3 is 0 Å². The standard InChI is InChI=1S/C26H30F2O/c1-3-5-15-29-18-20-9-13-24(25(27)16-20)22-12-14-23(26(28)17-22)21-10-7-19(6-4-2)8-11-21/h3-6,9,12-14,16-17,19,21H,7-8,10-11,15,18H2,1-2H3. The number of hydrogen-bond acceptors (Lipinski definition) is 1. The zero-order chi connectivity index (χ0) is 20.6. The summed E-state index contributed by atoms with van der Waals surface area (Å²) in [6.45, 7) is 4.83. The second-order valence-corrected chi connectivity index (χ2v) is 7.77. The lowest BCUT2D eigenvalue weighted by Gasteiger charge is -2.27. The molecule has 0 saturated heterocycles. The summed E-state index contributed by atoms with van der Waals surface area (Å²) in [6, 6.07) is 10.2. The van der Waals surface area contributed by atoms with Crippen molar-refractivity contribution in [2.45, 2.75) is 52.1 Å². The van der Waals surface area contributed by atoms with E-state index in [1.165, 1.54) is 12.1 Å². The van der Waals surface area contributed by atoms with Gasteiger partial charge in [0.1, 0.15) is 11.6 Å². The van der Waals surface area contributed by atoms with Gasteiger partial charge in [0.2, 0.25) is 0 Å². The van der Waals surface area contributed by atoms with Gasteiger partial charge in [-0.25, -0.2) is 8.78 Å². The van der Waals surface area contributed by atoms with Gasteiger partial charge in [-0.3, -0.25) is 0 Å². The smallest absolute Gasteiger partial charge is 0.131 e. The van der Waals surface area contributed by atoms with Crippen molar-refractivity contribution in [3.8, 4) is 11.1 Å². The van der Waals surface area contributed by atoms with Crippen LogP contribution in [0.3, 0.4) is 0 Å². The van der Waals surface area contributed by atoms with Gasteiger partial charge in [-0.1, -0.05) is 48.6 Å². The largest absolute Gasteiger partial charge is 0.373 e. The molecule has 1 nitrogen and oxygen atoms in total. The molecule has 3 rings (SSSR count). The molecule has 0 heterocycles. The highest BCUT2D eigenvalue weighted by Gasteiger charge is 2.23. The summed E-state index contributed by atoms with van der Waals surface area (Å²) in [5, 5.41) is 0. The Morgan fingerprint density at radius 2 is 1.72 bits per heavy atom. The molecule has 0 amide bonds. The van der Waals surface area contributed by atoms with Crippen molar-refractivity contribution >= 4 is 0 Å². The normalized spacial score (nSPS) is 20.0. The summed E-state index contributed by atoms with van der Waals surface area (Å²) in [5.74, 6) is 0.298. The van der Waals surface area contributed by atoms with Gasteiger partial charge in [0.15, 0.2) is 0 Å².